The van der Waals surface area contributed by atoms with Gasteiger partial charge in [-0.15, -0.1) is 11.3 Å². The molecule has 2 heterocycles. The molecule has 0 bridgehead atoms. The van der Waals surface area contributed by atoms with Crippen molar-refractivity contribution in [2.24, 2.45) is 0 Å². The first-order valence-corrected chi connectivity index (χ1v) is 5.69. The van der Waals surface area contributed by atoms with E-state index in [2.05, 4.69) is 11.1 Å². The summed E-state index contributed by atoms with van der Waals surface area (Å²) < 4.78 is 1.74. The Morgan fingerprint density at radius 2 is 2.50 bits per heavy atom. The molecule has 2 rings (SSSR count). The van der Waals surface area contributed by atoms with E-state index in [-0.39, 0.29) is 0 Å². The molecular weight excluding hydrogens is 222 g/mol. The fraction of sp³-hybridized carbons (Fsp3) is 0.182. The van der Waals surface area contributed by atoms with Crippen molar-refractivity contribution in [1.82, 2.24) is 9.55 Å². The van der Waals surface area contributed by atoms with Crippen molar-refractivity contribution in [3.05, 3.63) is 34.6 Å². The monoisotopic (exact) mass is 231 g/mol. The lowest BCUT2D eigenvalue weighted by Gasteiger charge is -2.05. The summed E-state index contributed by atoms with van der Waals surface area (Å²) in [5.74, 6) is 0. The molecule has 0 aliphatic rings. The fourth-order valence-electron chi connectivity index (χ4n) is 1.66. The Balaban J connectivity index is 2.71. The van der Waals surface area contributed by atoms with Gasteiger partial charge < -0.3 is 0 Å². The molecule has 0 amide bonds. The van der Waals surface area contributed by atoms with Gasteiger partial charge in [0.2, 0.25) is 0 Å². The lowest BCUT2D eigenvalue weighted by molar-refractivity contribution is 0.112. The Morgan fingerprint density at radius 3 is 3.00 bits per heavy atom. The Bertz CT molecular complexity index is 549. The molecule has 0 N–H and O–H groups in total. The zero-order valence-electron chi connectivity index (χ0n) is 8.67. The highest BCUT2D eigenvalue weighted by atomic mass is 32.1. The van der Waals surface area contributed by atoms with E-state index in [1.54, 1.807) is 16.8 Å². The molecule has 0 aliphatic carbocycles. The predicted octanol–water partition coefficient (Wildman–Crippen LogP) is 2.18. The van der Waals surface area contributed by atoms with Crippen LogP contribution >= 0.6 is 11.3 Å². The third-order valence-corrected chi connectivity index (χ3v) is 3.08. The molecular formula is C11H9N3OS. The van der Waals surface area contributed by atoms with Crippen LogP contribution in [0.3, 0.4) is 0 Å². The minimum absolute atomic E-state index is 0.453. The normalized spacial score (nSPS) is 10.0. The third kappa shape index (κ3) is 1.53. The zero-order chi connectivity index (χ0) is 11.5. The van der Waals surface area contributed by atoms with Gasteiger partial charge in [-0.25, -0.2) is 4.98 Å². The van der Waals surface area contributed by atoms with Crippen LogP contribution in [-0.4, -0.2) is 15.8 Å². The first-order valence-electron chi connectivity index (χ1n) is 4.81. The molecule has 0 atom stereocenters. The maximum Gasteiger partial charge on any atom is 0.194 e. The molecule has 0 radical (unpaired) electrons. The standard InChI is InChI=1S/C11H9N3OS/c1-2-10-8(7-15)5-9(6-12)14(10)11-13-3-4-16-11/h3-5,7H,2H2,1H3. The zero-order valence-corrected chi connectivity index (χ0v) is 9.49. The van der Waals surface area contributed by atoms with Gasteiger partial charge in [0.15, 0.2) is 11.4 Å². The molecule has 2 aromatic heterocycles. The van der Waals surface area contributed by atoms with Gasteiger partial charge in [-0.1, -0.05) is 6.92 Å². The van der Waals surface area contributed by atoms with Crippen LogP contribution in [0.25, 0.3) is 5.13 Å². The van der Waals surface area contributed by atoms with Crippen molar-refractivity contribution in [2.45, 2.75) is 13.3 Å². The Kier molecular flexibility index (Phi) is 2.84. The van der Waals surface area contributed by atoms with Gasteiger partial charge in [0, 0.05) is 22.8 Å². The average molecular weight is 231 g/mol. The second-order valence-corrected chi connectivity index (χ2v) is 4.04. The van der Waals surface area contributed by atoms with E-state index >= 15 is 0 Å². The van der Waals surface area contributed by atoms with Crippen molar-refractivity contribution < 1.29 is 4.79 Å². The van der Waals surface area contributed by atoms with Gasteiger partial charge in [0.1, 0.15) is 11.8 Å². The minimum Gasteiger partial charge on any atom is -0.298 e. The van der Waals surface area contributed by atoms with Crippen molar-refractivity contribution >= 4 is 17.6 Å². The highest BCUT2D eigenvalue weighted by Crippen LogP contribution is 2.22. The van der Waals surface area contributed by atoms with Crippen molar-refractivity contribution in [2.75, 3.05) is 0 Å². The van der Waals surface area contributed by atoms with E-state index in [1.165, 1.54) is 11.3 Å². The molecule has 0 aromatic carbocycles. The van der Waals surface area contributed by atoms with Crippen molar-refractivity contribution in [1.29, 1.82) is 5.26 Å². The summed E-state index contributed by atoms with van der Waals surface area (Å²) in [6, 6.07) is 3.69. The molecule has 0 unspecified atom stereocenters. The smallest absolute Gasteiger partial charge is 0.194 e. The Labute approximate surface area is 96.8 Å². The summed E-state index contributed by atoms with van der Waals surface area (Å²) >= 11 is 1.44. The van der Waals surface area contributed by atoms with Crippen molar-refractivity contribution in [3.63, 3.8) is 0 Å². The van der Waals surface area contributed by atoms with E-state index < -0.39 is 0 Å². The summed E-state index contributed by atoms with van der Waals surface area (Å²) in [5.41, 5.74) is 1.85. The summed E-state index contributed by atoms with van der Waals surface area (Å²) in [5, 5.41) is 11.6. The lowest BCUT2D eigenvalue weighted by atomic mass is 10.2. The predicted molar refractivity (Wildman–Crippen MR) is 60.9 cm³/mol. The quantitative estimate of drug-likeness (QED) is 0.761. The number of carbonyl (C=O) groups excluding carboxylic acids is 1. The molecule has 80 valence electrons. The first-order chi connectivity index (χ1) is 7.81. The number of carbonyl (C=O) groups is 1. The molecule has 0 spiro atoms. The maximum absolute atomic E-state index is 10.9. The number of hydrogen-bond acceptors (Lipinski definition) is 4. The van der Waals surface area contributed by atoms with Gasteiger partial charge >= 0.3 is 0 Å². The van der Waals surface area contributed by atoms with Crippen LogP contribution in [0.15, 0.2) is 17.6 Å². The number of nitrogens with zero attached hydrogens (tertiary/aromatic N) is 3. The molecule has 0 aliphatic heterocycles. The van der Waals surface area contributed by atoms with E-state index in [4.69, 9.17) is 5.26 Å². The molecule has 2 aromatic rings. The highest BCUT2D eigenvalue weighted by molar-refractivity contribution is 7.12. The molecule has 16 heavy (non-hydrogen) atoms. The molecule has 4 nitrogen and oxygen atoms in total. The first kappa shape index (κ1) is 10.6. The number of thiazole rings is 1. The van der Waals surface area contributed by atoms with E-state index in [9.17, 15) is 4.79 Å². The highest BCUT2D eigenvalue weighted by Gasteiger charge is 2.15. The molecule has 5 heteroatoms. The van der Waals surface area contributed by atoms with Gasteiger partial charge in [0.25, 0.3) is 0 Å². The van der Waals surface area contributed by atoms with Crippen molar-refractivity contribution in [3.8, 4) is 11.2 Å². The number of rotatable bonds is 3. The van der Waals surface area contributed by atoms with Gasteiger partial charge in [0.05, 0.1) is 0 Å². The third-order valence-electron chi connectivity index (χ3n) is 2.32. The van der Waals surface area contributed by atoms with Crippen LogP contribution in [0, 0.1) is 11.3 Å². The largest absolute Gasteiger partial charge is 0.298 e. The second kappa shape index (κ2) is 4.29. The average Bonchev–Trinajstić information content (AvgIpc) is 2.94. The van der Waals surface area contributed by atoms with E-state index in [0.29, 0.717) is 17.7 Å². The molecule has 0 saturated heterocycles. The minimum atomic E-state index is 0.453. The topological polar surface area (TPSA) is 58.7 Å². The summed E-state index contributed by atoms with van der Waals surface area (Å²) in [7, 11) is 0. The summed E-state index contributed by atoms with van der Waals surface area (Å²) in [4.78, 5) is 15.1. The number of aromatic nitrogens is 2. The number of hydrogen-bond donors (Lipinski definition) is 0. The fourth-order valence-corrected chi connectivity index (χ4v) is 2.34. The van der Waals surface area contributed by atoms with Gasteiger partial charge in [-0.05, 0) is 12.5 Å². The van der Waals surface area contributed by atoms with Gasteiger partial charge in [-0.2, -0.15) is 5.26 Å². The maximum atomic E-state index is 10.9. The molecule has 0 saturated carbocycles. The SMILES string of the molecule is CCc1c(C=O)cc(C#N)n1-c1nccs1. The summed E-state index contributed by atoms with van der Waals surface area (Å²) in [6.07, 6.45) is 3.15. The molecule has 0 fully saturated rings. The summed E-state index contributed by atoms with van der Waals surface area (Å²) in [6.45, 7) is 1.95. The van der Waals surface area contributed by atoms with Crippen LogP contribution in [0.1, 0.15) is 28.7 Å². The van der Waals surface area contributed by atoms with E-state index in [0.717, 1.165) is 17.1 Å². The number of nitriles is 1. The van der Waals surface area contributed by atoms with Crippen LogP contribution in [-0.2, 0) is 6.42 Å². The van der Waals surface area contributed by atoms with E-state index in [1.807, 2.05) is 12.3 Å². The van der Waals surface area contributed by atoms with Crippen LogP contribution in [0.2, 0.25) is 0 Å². The van der Waals surface area contributed by atoms with Crippen LogP contribution in [0.5, 0.6) is 0 Å². The Morgan fingerprint density at radius 1 is 1.69 bits per heavy atom. The van der Waals surface area contributed by atoms with Crippen LogP contribution < -0.4 is 0 Å². The second-order valence-electron chi connectivity index (χ2n) is 3.16. The lowest BCUT2D eigenvalue weighted by Crippen LogP contribution is -2.02. The van der Waals surface area contributed by atoms with Gasteiger partial charge in [-0.3, -0.25) is 9.36 Å². The Hall–Kier alpha value is -1.93. The van der Waals surface area contributed by atoms with Crippen LogP contribution in [0.4, 0.5) is 0 Å². The number of aldehydes is 1.